The van der Waals surface area contributed by atoms with Crippen molar-refractivity contribution in [3.05, 3.63) is 28.9 Å². The van der Waals surface area contributed by atoms with Crippen LogP contribution in [0.4, 0.5) is 17.6 Å². The maximum atomic E-state index is 13.4. The van der Waals surface area contributed by atoms with E-state index in [-0.39, 0.29) is 35.6 Å². The first-order valence-electron chi connectivity index (χ1n) is 5.87. The van der Waals surface area contributed by atoms with Crippen molar-refractivity contribution in [2.75, 3.05) is 13.1 Å². The molecule has 0 aliphatic carbocycles. The lowest BCUT2D eigenvalue weighted by Crippen LogP contribution is -2.44. The van der Waals surface area contributed by atoms with E-state index in [1.54, 1.807) is 0 Å². The Labute approximate surface area is 115 Å². The Hall–Kier alpha value is -1.34. The molecule has 3 rings (SSSR count). The van der Waals surface area contributed by atoms with Crippen LogP contribution in [0, 0.1) is 5.82 Å². The van der Waals surface area contributed by atoms with Gasteiger partial charge in [-0.1, -0.05) is 11.6 Å². The molecule has 1 atom stereocenters. The van der Waals surface area contributed by atoms with Gasteiger partial charge in [0.1, 0.15) is 11.3 Å². The molecule has 0 spiro atoms. The van der Waals surface area contributed by atoms with Crippen molar-refractivity contribution in [1.29, 1.82) is 0 Å². The molecule has 1 saturated heterocycles. The van der Waals surface area contributed by atoms with Crippen LogP contribution >= 0.6 is 11.6 Å². The van der Waals surface area contributed by atoms with Crippen LogP contribution in [0.2, 0.25) is 5.02 Å². The van der Waals surface area contributed by atoms with Gasteiger partial charge >= 0.3 is 6.18 Å². The summed E-state index contributed by atoms with van der Waals surface area (Å²) in [6, 6.07) is 1.98. The minimum absolute atomic E-state index is 0.0134. The Morgan fingerprint density at radius 2 is 2.10 bits per heavy atom. The second kappa shape index (κ2) is 4.33. The van der Waals surface area contributed by atoms with E-state index in [0.717, 1.165) is 12.1 Å². The molecule has 0 bridgehead atoms. The third-order valence-corrected chi connectivity index (χ3v) is 3.80. The molecule has 1 aliphatic heterocycles. The Bertz CT molecular complexity index is 661. The second-order valence-electron chi connectivity index (χ2n) is 4.76. The summed E-state index contributed by atoms with van der Waals surface area (Å²) in [7, 11) is 0. The van der Waals surface area contributed by atoms with E-state index in [2.05, 4.69) is 10.3 Å². The van der Waals surface area contributed by atoms with Crippen LogP contribution in [0.5, 0.6) is 0 Å². The molecule has 1 aromatic heterocycles. The molecule has 1 aliphatic rings. The third kappa shape index (κ3) is 1.88. The fourth-order valence-corrected chi connectivity index (χ4v) is 2.64. The number of hydrogen-bond acceptors (Lipinski definition) is 3. The second-order valence-corrected chi connectivity index (χ2v) is 5.17. The van der Waals surface area contributed by atoms with Gasteiger partial charge in [-0.3, -0.25) is 0 Å². The van der Waals surface area contributed by atoms with Crippen molar-refractivity contribution in [3.63, 3.8) is 0 Å². The lowest BCUT2D eigenvalue weighted by Gasteiger charge is -2.27. The molecule has 2 heterocycles. The zero-order valence-electron chi connectivity index (χ0n) is 10.0. The van der Waals surface area contributed by atoms with Crippen molar-refractivity contribution in [2.45, 2.75) is 18.0 Å². The number of benzene rings is 1. The number of nitrogens with zero attached hydrogens (tertiary/aromatic N) is 1. The van der Waals surface area contributed by atoms with Gasteiger partial charge in [0, 0.05) is 12.6 Å². The van der Waals surface area contributed by atoms with Crippen molar-refractivity contribution >= 4 is 22.7 Å². The molecule has 8 heteroatoms. The highest BCUT2D eigenvalue weighted by Gasteiger charge is 2.60. The fraction of sp³-hybridized carbons (Fsp3) is 0.417. The summed E-state index contributed by atoms with van der Waals surface area (Å²) in [6.07, 6.45) is -4.69. The number of aromatic nitrogens is 1. The van der Waals surface area contributed by atoms with Gasteiger partial charge in [-0.05, 0) is 19.0 Å². The normalized spacial score (nSPS) is 23.6. The van der Waals surface area contributed by atoms with E-state index in [1.165, 1.54) is 0 Å². The molecule has 0 radical (unpaired) electrons. The molecular weight excluding hydrogens is 300 g/mol. The first-order chi connectivity index (χ1) is 9.33. The van der Waals surface area contributed by atoms with Crippen LogP contribution in [0.1, 0.15) is 12.3 Å². The predicted molar refractivity (Wildman–Crippen MR) is 64.2 cm³/mol. The minimum Gasteiger partial charge on any atom is -0.438 e. The molecule has 108 valence electrons. The number of halogens is 5. The van der Waals surface area contributed by atoms with Gasteiger partial charge in [-0.25, -0.2) is 9.37 Å². The predicted octanol–water partition coefficient (Wildman–Crippen LogP) is 3.41. The summed E-state index contributed by atoms with van der Waals surface area (Å²) in [4.78, 5) is 3.80. The average molecular weight is 309 g/mol. The number of hydrogen-bond donors (Lipinski definition) is 1. The van der Waals surface area contributed by atoms with Gasteiger partial charge in [0.15, 0.2) is 11.0 Å². The summed E-state index contributed by atoms with van der Waals surface area (Å²) >= 11 is 5.77. The summed E-state index contributed by atoms with van der Waals surface area (Å²) in [6.45, 7) is -0.107. The van der Waals surface area contributed by atoms with Crippen molar-refractivity contribution in [2.24, 2.45) is 0 Å². The highest BCUT2D eigenvalue weighted by molar-refractivity contribution is 6.34. The number of nitrogens with one attached hydrogen (secondary N) is 1. The van der Waals surface area contributed by atoms with E-state index in [9.17, 15) is 17.6 Å². The summed E-state index contributed by atoms with van der Waals surface area (Å²) in [5.74, 6) is -1.15. The van der Waals surface area contributed by atoms with Gasteiger partial charge in [-0.15, -0.1) is 0 Å². The van der Waals surface area contributed by atoms with Crippen molar-refractivity contribution in [1.82, 2.24) is 10.3 Å². The first kappa shape index (κ1) is 13.6. The third-order valence-electron chi connectivity index (χ3n) is 3.52. The maximum absolute atomic E-state index is 13.4. The average Bonchev–Trinajstić information content (AvgIpc) is 2.92. The maximum Gasteiger partial charge on any atom is 0.404 e. The smallest absolute Gasteiger partial charge is 0.404 e. The lowest BCUT2D eigenvalue weighted by atomic mass is 9.86. The molecule has 3 nitrogen and oxygen atoms in total. The van der Waals surface area contributed by atoms with Crippen LogP contribution in [0.15, 0.2) is 16.5 Å². The molecule has 2 aromatic rings. The van der Waals surface area contributed by atoms with Gasteiger partial charge in [0.2, 0.25) is 5.89 Å². The number of oxazole rings is 1. The van der Waals surface area contributed by atoms with Gasteiger partial charge in [0.05, 0.1) is 5.02 Å². The highest BCUT2D eigenvalue weighted by Crippen LogP contribution is 2.46. The fourth-order valence-electron chi connectivity index (χ4n) is 2.40. The molecule has 0 amide bonds. The Morgan fingerprint density at radius 3 is 2.70 bits per heavy atom. The van der Waals surface area contributed by atoms with Crippen LogP contribution in [0.3, 0.4) is 0 Å². The standard InChI is InChI=1S/C12H9ClF4N2O/c13-7-3-6(14)4-8-9(7)20-10(19-8)11(12(15,16)17)1-2-18-5-11/h3-4,18H,1-2,5H2. The monoisotopic (exact) mass is 308 g/mol. The SMILES string of the molecule is Fc1cc(Cl)c2oc(C3(C(F)(F)F)CCNC3)nc2c1. The van der Waals surface area contributed by atoms with Gasteiger partial charge in [-0.2, -0.15) is 13.2 Å². The summed E-state index contributed by atoms with van der Waals surface area (Å²) in [5, 5.41) is 2.57. The molecule has 0 saturated carbocycles. The van der Waals surface area contributed by atoms with Crippen LogP contribution in [-0.2, 0) is 5.41 Å². The van der Waals surface area contributed by atoms with E-state index in [4.69, 9.17) is 16.0 Å². The van der Waals surface area contributed by atoms with Crippen LogP contribution < -0.4 is 5.32 Å². The largest absolute Gasteiger partial charge is 0.438 e. The lowest BCUT2D eigenvalue weighted by molar-refractivity contribution is -0.190. The van der Waals surface area contributed by atoms with Crippen LogP contribution in [-0.4, -0.2) is 24.2 Å². The molecule has 1 N–H and O–H groups in total. The van der Waals surface area contributed by atoms with E-state index >= 15 is 0 Å². The number of alkyl halides is 3. The summed E-state index contributed by atoms with van der Waals surface area (Å²) in [5.41, 5.74) is -2.23. The molecular formula is C12H9ClF4N2O. The Morgan fingerprint density at radius 1 is 1.35 bits per heavy atom. The zero-order valence-corrected chi connectivity index (χ0v) is 10.8. The highest BCUT2D eigenvalue weighted by atomic mass is 35.5. The van der Waals surface area contributed by atoms with Gasteiger partial charge < -0.3 is 9.73 Å². The van der Waals surface area contributed by atoms with Gasteiger partial charge in [0.25, 0.3) is 0 Å². The number of rotatable bonds is 1. The molecule has 1 fully saturated rings. The topological polar surface area (TPSA) is 38.1 Å². The van der Waals surface area contributed by atoms with Crippen LogP contribution in [0.25, 0.3) is 11.1 Å². The zero-order chi connectivity index (χ0) is 14.5. The van der Waals surface area contributed by atoms with Crippen molar-refractivity contribution in [3.8, 4) is 0 Å². The van der Waals surface area contributed by atoms with E-state index in [1.807, 2.05) is 0 Å². The molecule has 1 unspecified atom stereocenters. The van der Waals surface area contributed by atoms with E-state index < -0.39 is 23.3 Å². The minimum atomic E-state index is -4.51. The number of fused-ring (bicyclic) bond motifs is 1. The Kier molecular flexibility index (Phi) is 2.95. The quantitative estimate of drug-likeness (QED) is 0.820. The Balaban J connectivity index is 2.20. The van der Waals surface area contributed by atoms with Crippen molar-refractivity contribution < 1.29 is 22.0 Å². The first-order valence-corrected chi connectivity index (χ1v) is 6.25. The summed E-state index contributed by atoms with van der Waals surface area (Å²) < 4.78 is 58.5. The molecule has 20 heavy (non-hydrogen) atoms. The molecule has 1 aromatic carbocycles. The van der Waals surface area contributed by atoms with E-state index in [0.29, 0.717) is 0 Å².